The van der Waals surface area contributed by atoms with Crippen LogP contribution in [0, 0.1) is 5.41 Å². The number of benzene rings is 1. The van der Waals surface area contributed by atoms with Crippen molar-refractivity contribution in [1.29, 1.82) is 0 Å². The van der Waals surface area contributed by atoms with Crippen LogP contribution in [0.1, 0.15) is 46.1 Å². The van der Waals surface area contributed by atoms with Crippen molar-refractivity contribution in [2.75, 3.05) is 13.2 Å². The minimum absolute atomic E-state index is 0.116. The first kappa shape index (κ1) is 20.2. The van der Waals surface area contributed by atoms with E-state index in [1.54, 1.807) is 12.1 Å². The third-order valence-electron chi connectivity index (χ3n) is 4.97. The van der Waals surface area contributed by atoms with Crippen molar-refractivity contribution >= 4 is 17.0 Å². The van der Waals surface area contributed by atoms with Crippen molar-refractivity contribution in [3.8, 4) is 11.5 Å². The molecule has 1 aromatic heterocycles. The highest BCUT2D eigenvalue weighted by Gasteiger charge is 2.21. The first-order valence-corrected chi connectivity index (χ1v) is 9.62. The zero-order valence-corrected chi connectivity index (χ0v) is 17.0. The summed E-state index contributed by atoms with van der Waals surface area (Å²) < 4.78 is 17.0. The second-order valence-electron chi connectivity index (χ2n) is 8.28. The average molecular weight is 384 g/mol. The molecule has 0 bridgehead atoms. The number of aliphatic hydroxyl groups excluding tert-OH is 1. The average Bonchev–Trinajstić information content (AvgIpc) is 2.64. The Morgan fingerprint density at radius 2 is 2.14 bits per heavy atom. The molecular formula is C23H28O5. The minimum atomic E-state index is -0.405. The van der Waals surface area contributed by atoms with Gasteiger partial charge in [-0.25, -0.2) is 4.79 Å². The Labute approximate surface area is 165 Å². The van der Waals surface area contributed by atoms with Gasteiger partial charge in [-0.1, -0.05) is 26.3 Å². The summed E-state index contributed by atoms with van der Waals surface area (Å²) in [5.74, 6) is 1.29. The third kappa shape index (κ3) is 4.65. The lowest BCUT2D eigenvalue weighted by atomic mass is 9.86. The summed E-state index contributed by atoms with van der Waals surface area (Å²) in [6, 6.07) is 4.84. The normalized spacial score (nSPS) is 15.2. The lowest BCUT2D eigenvalue weighted by Crippen LogP contribution is -2.25. The molecule has 150 valence electrons. The van der Waals surface area contributed by atoms with Crippen molar-refractivity contribution < 1.29 is 19.0 Å². The van der Waals surface area contributed by atoms with E-state index in [1.165, 1.54) is 6.07 Å². The summed E-state index contributed by atoms with van der Waals surface area (Å²) in [5.41, 5.74) is 1.94. The van der Waals surface area contributed by atoms with Gasteiger partial charge in [0.15, 0.2) is 0 Å². The molecule has 0 radical (unpaired) electrons. The van der Waals surface area contributed by atoms with Crippen LogP contribution in [0.2, 0.25) is 0 Å². The Morgan fingerprint density at radius 3 is 2.89 bits per heavy atom. The lowest BCUT2D eigenvalue weighted by Gasteiger charge is -2.25. The molecule has 0 fully saturated rings. The highest BCUT2D eigenvalue weighted by molar-refractivity contribution is 5.91. The van der Waals surface area contributed by atoms with E-state index in [1.807, 2.05) is 45.9 Å². The summed E-state index contributed by atoms with van der Waals surface area (Å²) in [6.45, 7) is 9.02. The van der Waals surface area contributed by atoms with Gasteiger partial charge >= 0.3 is 5.63 Å². The molecule has 0 aliphatic carbocycles. The van der Waals surface area contributed by atoms with Crippen LogP contribution in [0.4, 0.5) is 0 Å². The molecule has 1 N–H and O–H groups in total. The van der Waals surface area contributed by atoms with Gasteiger partial charge in [-0.2, -0.15) is 0 Å². The van der Waals surface area contributed by atoms with Crippen LogP contribution < -0.4 is 15.1 Å². The van der Waals surface area contributed by atoms with Gasteiger partial charge in [-0.15, -0.1) is 0 Å². The van der Waals surface area contributed by atoms with E-state index in [4.69, 9.17) is 13.9 Å². The smallest absolute Gasteiger partial charge is 0.336 e. The molecule has 0 amide bonds. The first-order valence-electron chi connectivity index (χ1n) is 9.62. The Hall–Kier alpha value is -2.53. The SMILES string of the molecule is C/C(=C\COc1c2c(cc3oc(=O)ccc13)OCC=C2)CC[C@H](O)C(C)(C)C. The number of fused-ring (bicyclic) bond motifs is 2. The molecule has 0 saturated carbocycles. The largest absolute Gasteiger partial charge is 0.489 e. The molecule has 1 aliphatic rings. The van der Waals surface area contributed by atoms with Crippen molar-refractivity contribution in [2.45, 2.75) is 46.6 Å². The molecule has 1 aromatic carbocycles. The zero-order chi connectivity index (χ0) is 20.3. The molecule has 2 aromatic rings. The first-order chi connectivity index (χ1) is 13.3. The van der Waals surface area contributed by atoms with E-state index in [-0.39, 0.29) is 11.5 Å². The molecular weight excluding hydrogens is 356 g/mol. The topological polar surface area (TPSA) is 68.9 Å². The Bertz CT molecular complexity index is 959. The van der Waals surface area contributed by atoms with Crippen molar-refractivity contribution in [3.63, 3.8) is 0 Å². The second kappa shape index (κ2) is 8.23. The Morgan fingerprint density at radius 1 is 1.36 bits per heavy atom. The zero-order valence-electron chi connectivity index (χ0n) is 17.0. The van der Waals surface area contributed by atoms with Crippen LogP contribution >= 0.6 is 0 Å². The van der Waals surface area contributed by atoms with Crippen LogP contribution in [-0.4, -0.2) is 24.4 Å². The monoisotopic (exact) mass is 384 g/mol. The fraction of sp³-hybridized carbons (Fsp3) is 0.435. The van der Waals surface area contributed by atoms with Crippen LogP contribution in [0.3, 0.4) is 0 Å². The van der Waals surface area contributed by atoms with E-state index >= 15 is 0 Å². The second-order valence-corrected chi connectivity index (χ2v) is 8.28. The predicted molar refractivity (Wildman–Crippen MR) is 111 cm³/mol. The van der Waals surface area contributed by atoms with Crippen LogP contribution in [0.15, 0.2) is 45.1 Å². The van der Waals surface area contributed by atoms with Crippen molar-refractivity contribution in [1.82, 2.24) is 0 Å². The Kier molecular flexibility index (Phi) is 5.94. The molecule has 0 unspecified atom stereocenters. The van der Waals surface area contributed by atoms with Gasteiger partial charge in [0.05, 0.1) is 17.1 Å². The molecule has 1 aliphatic heterocycles. The fourth-order valence-corrected chi connectivity index (χ4v) is 3.08. The van der Waals surface area contributed by atoms with E-state index in [0.717, 1.165) is 29.4 Å². The standard InChI is InChI=1S/C23H28O5/c1-15(7-9-20(24)23(2,3)4)11-13-27-22-16-6-5-12-26-18(16)14-19-17(22)8-10-21(25)28-19/h5-6,8,10-11,14,20,24H,7,9,12-13H2,1-4H3/b15-11+/t20-/m0/s1. The van der Waals surface area contributed by atoms with Gasteiger partial charge in [0, 0.05) is 12.1 Å². The molecule has 28 heavy (non-hydrogen) atoms. The maximum absolute atomic E-state index is 11.6. The third-order valence-corrected chi connectivity index (χ3v) is 4.97. The molecule has 3 rings (SSSR count). The number of ether oxygens (including phenoxy) is 2. The summed E-state index contributed by atoms with van der Waals surface area (Å²) >= 11 is 0. The number of hydrogen-bond donors (Lipinski definition) is 1. The van der Waals surface area contributed by atoms with Gasteiger partial charge < -0.3 is 19.0 Å². The fourth-order valence-electron chi connectivity index (χ4n) is 3.08. The molecule has 2 heterocycles. The van der Waals surface area contributed by atoms with E-state index in [9.17, 15) is 9.90 Å². The predicted octanol–water partition coefficient (Wildman–Crippen LogP) is 4.71. The quantitative estimate of drug-likeness (QED) is 0.577. The van der Waals surface area contributed by atoms with E-state index in [0.29, 0.717) is 30.3 Å². The van der Waals surface area contributed by atoms with Gasteiger partial charge in [-0.3, -0.25) is 0 Å². The number of allylic oxidation sites excluding steroid dienone is 1. The van der Waals surface area contributed by atoms with E-state index in [2.05, 4.69) is 0 Å². The van der Waals surface area contributed by atoms with Gasteiger partial charge in [0.25, 0.3) is 0 Å². The van der Waals surface area contributed by atoms with Gasteiger partial charge in [-0.05, 0) is 49.5 Å². The molecule has 1 atom stereocenters. The minimum Gasteiger partial charge on any atom is -0.489 e. The molecule has 0 saturated heterocycles. The summed E-state index contributed by atoms with van der Waals surface area (Å²) in [4.78, 5) is 11.6. The highest BCUT2D eigenvalue weighted by atomic mass is 16.5. The van der Waals surface area contributed by atoms with Crippen LogP contribution in [0.25, 0.3) is 17.0 Å². The molecule has 5 heteroatoms. The molecule has 5 nitrogen and oxygen atoms in total. The maximum atomic E-state index is 11.6. The highest BCUT2D eigenvalue weighted by Crippen LogP contribution is 2.39. The van der Waals surface area contributed by atoms with Crippen LogP contribution in [-0.2, 0) is 0 Å². The Balaban J connectivity index is 1.77. The number of rotatable bonds is 6. The maximum Gasteiger partial charge on any atom is 0.336 e. The van der Waals surface area contributed by atoms with Gasteiger partial charge in [0.1, 0.15) is 30.3 Å². The van der Waals surface area contributed by atoms with Crippen LogP contribution in [0.5, 0.6) is 11.5 Å². The van der Waals surface area contributed by atoms with E-state index < -0.39 is 5.63 Å². The van der Waals surface area contributed by atoms with Gasteiger partial charge in [0.2, 0.25) is 0 Å². The summed E-state index contributed by atoms with van der Waals surface area (Å²) in [5, 5.41) is 10.9. The molecule has 0 spiro atoms. The van der Waals surface area contributed by atoms with Crippen molar-refractivity contribution in [3.05, 3.63) is 51.9 Å². The van der Waals surface area contributed by atoms with Crippen molar-refractivity contribution in [2.24, 2.45) is 5.41 Å². The number of aliphatic hydroxyl groups is 1. The lowest BCUT2D eigenvalue weighted by molar-refractivity contribution is 0.0559. The summed E-state index contributed by atoms with van der Waals surface area (Å²) in [7, 11) is 0. The summed E-state index contributed by atoms with van der Waals surface area (Å²) in [6.07, 6.45) is 7.11. The number of hydrogen-bond acceptors (Lipinski definition) is 5.